The van der Waals surface area contributed by atoms with Crippen molar-refractivity contribution in [2.45, 2.75) is 12.8 Å². The summed E-state index contributed by atoms with van der Waals surface area (Å²) in [5.41, 5.74) is 1.41. The van der Waals surface area contributed by atoms with Gasteiger partial charge in [-0.2, -0.15) is 4.57 Å². The van der Waals surface area contributed by atoms with Crippen LogP contribution < -0.4 is 4.57 Å². The summed E-state index contributed by atoms with van der Waals surface area (Å²) in [6.07, 6.45) is 8.91. The van der Waals surface area contributed by atoms with Crippen molar-refractivity contribution in [1.82, 2.24) is 0 Å². The lowest BCUT2D eigenvalue weighted by Gasteiger charge is -2.04. The highest BCUT2D eigenvalue weighted by Crippen LogP contribution is 2.15. The average Bonchev–Trinajstić information content (AvgIpc) is 2.26. The first-order chi connectivity index (χ1) is 6.93. The number of fused-ring (bicyclic) bond motifs is 2. The number of pyridine rings is 1. The van der Waals surface area contributed by atoms with Gasteiger partial charge >= 0.3 is 0 Å². The highest BCUT2D eigenvalue weighted by atomic mass is 14.9. The van der Waals surface area contributed by atoms with Crippen LogP contribution in [-0.2, 0) is 6.42 Å². The summed E-state index contributed by atoms with van der Waals surface area (Å²) < 4.78 is 2.23. The van der Waals surface area contributed by atoms with E-state index in [0.29, 0.717) is 0 Å². The Morgan fingerprint density at radius 3 is 2.86 bits per heavy atom. The minimum atomic E-state index is 1.15. The van der Waals surface area contributed by atoms with E-state index in [0.717, 1.165) is 6.42 Å². The van der Waals surface area contributed by atoms with Gasteiger partial charge in [-0.05, 0) is 23.9 Å². The van der Waals surface area contributed by atoms with Gasteiger partial charge in [0.1, 0.15) is 0 Å². The van der Waals surface area contributed by atoms with Crippen LogP contribution in [0.2, 0.25) is 0 Å². The normalized spacial score (nSPS) is 14.3. The lowest BCUT2D eigenvalue weighted by atomic mass is 10.1. The lowest BCUT2D eigenvalue weighted by molar-refractivity contribution is -0.577. The van der Waals surface area contributed by atoms with Crippen molar-refractivity contribution in [3.8, 4) is 0 Å². The summed E-state index contributed by atoms with van der Waals surface area (Å²) >= 11 is 0. The number of allylic oxidation sites excluding steroid dienone is 1. The second-order valence-electron chi connectivity index (χ2n) is 3.72. The molecule has 0 N–H and O–H groups in total. The van der Waals surface area contributed by atoms with Crippen LogP contribution >= 0.6 is 0 Å². The van der Waals surface area contributed by atoms with Gasteiger partial charge in [0, 0.05) is 17.9 Å². The molecule has 0 aliphatic carbocycles. The average molecular weight is 182 g/mol. The van der Waals surface area contributed by atoms with Crippen molar-refractivity contribution in [1.29, 1.82) is 0 Å². The topological polar surface area (TPSA) is 3.88 Å². The van der Waals surface area contributed by atoms with Crippen LogP contribution in [0.4, 0.5) is 0 Å². The molecule has 0 atom stereocenters. The summed E-state index contributed by atoms with van der Waals surface area (Å²) in [6.45, 7) is 0. The first kappa shape index (κ1) is 7.74. The molecule has 3 rings (SSSR count). The van der Waals surface area contributed by atoms with E-state index in [9.17, 15) is 0 Å². The van der Waals surface area contributed by atoms with E-state index in [4.69, 9.17) is 0 Å². The Morgan fingerprint density at radius 2 is 1.93 bits per heavy atom. The fourth-order valence-electron chi connectivity index (χ4n) is 2.01. The number of hydrogen-bond acceptors (Lipinski definition) is 0. The molecule has 68 valence electrons. The molecule has 0 saturated heterocycles. The van der Waals surface area contributed by atoms with Crippen LogP contribution in [0.3, 0.4) is 0 Å². The second kappa shape index (κ2) is 2.95. The van der Waals surface area contributed by atoms with Gasteiger partial charge in [-0.1, -0.05) is 18.2 Å². The minimum absolute atomic E-state index is 1.15. The van der Waals surface area contributed by atoms with Gasteiger partial charge in [0.15, 0.2) is 18.1 Å². The van der Waals surface area contributed by atoms with E-state index < -0.39 is 0 Å². The Balaban J connectivity index is 2.34. The zero-order valence-electron chi connectivity index (χ0n) is 7.98. The quantitative estimate of drug-likeness (QED) is 0.551. The van der Waals surface area contributed by atoms with Gasteiger partial charge in [-0.25, -0.2) is 0 Å². The first-order valence-electron chi connectivity index (χ1n) is 5.03. The van der Waals surface area contributed by atoms with E-state index in [1.165, 1.54) is 22.9 Å². The molecular formula is C13H12N+. The molecule has 1 aliphatic rings. The van der Waals surface area contributed by atoms with E-state index in [1.54, 1.807) is 0 Å². The molecule has 0 saturated carbocycles. The number of aromatic nitrogens is 1. The maximum Gasteiger partial charge on any atom is 0.187 e. The van der Waals surface area contributed by atoms with Crippen molar-refractivity contribution >= 4 is 17.0 Å². The first-order valence-corrected chi connectivity index (χ1v) is 5.03. The molecule has 1 aliphatic heterocycles. The molecule has 0 spiro atoms. The Hall–Kier alpha value is -1.63. The molecule has 2 heterocycles. The zero-order chi connectivity index (χ0) is 9.38. The van der Waals surface area contributed by atoms with Gasteiger partial charge < -0.3 is 0 Å². The summed E-state index contributed by atoms with van der Waals surface area (Å²) in [7, 11) is 0. The Labute approximate surface area is 83.3 Å². The summed E-state index contributed by atoms with van der Waals surface area (Å²) in [6, 6.07) is 10.8. The van der Waals surface area contributed by atoms with Gasteiger partial charge in [0.05, 0.1) is 0 Å². The van der Waals surface area contributed by atoms with Crippen LogP contribution in [0.25, 0.3) is 17.0 Å². The van der Waals surface area contributed by atoms with Gasteiger partial charge in [-0.15, -0.1) is 0 Å². The third-order valence-corrected chi connectivity index (χ3v) is 2.76. The molecule has 1 nitrogen and oxygen atoms in total. The van der Waals surface area contributed by atoms with E-state index in [2.05, 4.69) is 53.4 Å². The van der Waals surface area contributed by atoms with Crippen LogP contribution in [0.1, 0.15) is 12.1 Å². The van der Waals surface area contributed by atoms with Crippen molar-refractivity contribution in [2.75, 3.05) is 0 Å². The van der Waals surface area contributed by atoms with Crippen molar-refractivity contribution < 1.29 is 4.57 Å². The highest BCUT2D eigenvalue weighted by molar-refractivity contribution is 5.81. The minimum Gasteiger partial charge on any atom is -0.171 e. The van der Waals surface area contributed by atoms with E-state index in [1.807, 2.05) is 0 Å². The van der Waals surface area contributed by atoms with Gasteiger partial charge in [0.2, 0.25) is 0 Å². The van der Waals surface area contributed by atoms with E-state index >= 15 is 0 Å². The molecule has 1 aromatic heterocycles. The molecule has 0 amide bonds. The molecular weight excluding hydrogens is 170 g/mol. The number of aryl methyl sites for hydroxylation is 1. The maximum atomic E-state index is 2.29. The van der Waals surface area contributed by atoms with Gasteiger partial charge in [-0.3, -0.25) is 0 Å². The molecule has 1 heteroatoms. The smallest absolute Gasteiger partial charge is 0.171 e. The monoisotopic (exact) mass is 182 g/mol. The van der Waals surface area contributed by atoms with Crippen molar-refractivity contribution in [3.63, 3.8) is 0 Å². The Bertz CT molecular complexity index is 512. The lowest BCUT2D eigenvalue weighted by Crippen LogP contribution is -2.33. The Morgan fingerprint density at radius 1 is 1.07 bits per heavy atom. The number of hydrogen-bond donors (Lipinski definition) is 0. The zero-order valence-corrected chi connectivity index (χ0v) is 7.98. The fourth-order valence-corrected chi connectivity index (χ4v) is 2.01. The highest BCUT2D eigenvalue weighted by Gasteiger charge is 2.12. The van der Waals surface area contributed by atoms with Crippen LogP contribution in [-0.4, -0.2) is 0 Å². The SMILES string of the molecule is C1=C[n+]2cc3ccccc3cc2CC1. The van der Waals surface area contributed by atoms with Crippen molar-refractivity contribution in [2.24, 2.45) is 0 Å². The largest absolute Gasteiger partial charge is 0.187 e. The number of rotatable bonds is 0. The molecule has 2 aromatic rings. The number of nitrogens with zero attached hydrogens (tertiary/aromatic N) is 1. The second-order valence-corrected chi connectivity index (χ2v) is 3.72. The molecule has 0 fully saturated rings. The standard InChI is InChI=1S/C13H12N/c1-2-6-12-10-14-8-4-3-7-13(14)9-11(12)5-1/h1-2,4-6,8-10H,3,7H2/q+1. The molecule has 0 bridgehead atoms. The molecule has 0 unspecified atom stereocenters. The predicted molar refractivity (Wildman–Crippen MR) is 57.8 cm³/mol. The Kier molecular flexibility index (Phi) is 1.63. The molecule has 1 aromatic carbocycles. The summed E-state index contributed by atoms with van der Waals surface area (Å²) in [4.78, 5) is 0. The van der Waals surface area contributed by atoms with Crippen LogP contribution in [0.15, 0.2) is 42.6 Å². The van der Waals surface area contributed by atoms with Crippen LogP contribution in [0.5, 0.6) is 0 Å². The predicted octanol–water partition coefficient (Wildman–Crippen LogP) is 2.54. The third kappa shape index (κ3) is 1.13. The maximum absolute atomic E-state index is 2.29. The fraction of sp³-hybridized carbons (Fsp3) is 0.154. The van der Waals surface area contributed by atoms with E-state index in [-0.39, 0.29) is 0 Å². The van der Waals surface area contributed by atoms with Crippen LogP contribution in [0, 0.1) is 0 Å². The molecule has 0 radical (unpaired) electrons. The third-order valence-electron chi connectivity index (χ3n) is 2.76. The summed E-state index contributed by atoms with van der Waals surface area (Å²) in [5, 5.41) is 2.65. The summed E-state index contributed by atoms with van der Waals surface area (Å²) in [5.74, 6) is 0. The van der Waals surface area contributed by atoms with Crippen molar-refractivity contribution in [3.05, 3.63) is 48.3 Å². The number of benzene rings is 1. The molecule has 14 heavy (non-hydrogen) atoms. The van der Waals surface area contributed by atoms with Gasteiger partial charge in [0.25, 0.3) is 0 Å².